The highest BCUT2D eigenvalue weighted by Gasteiger charge is 2.22. The number of aromatic nitrogens is 4. The minimum Gasteiger partial charge on any atom is -0.309 e. The van der Waals surface area contributed by atoms with Crippen LogP contribution in [0.3, 0.4) is 0 Å². The molecule has 0 fully saturated rings. The highest BCUT2D eigenvalue weighted by Crippen LogP contribution is 2.45. The van der Waals surface area contributed by atoms with Crippen LogP contribution in [0.4, 0.5) is 0 Å². The van der Waals surface area contributed by atoms with Crippen LogP contribution in [-0.2, 0) is 0 Å². The van der Waals surface area contributed by atoms with Gasteiger partial charge in [-0.15, -0.1) is 0 Å². The molecule has 64 heavy (non-hydrogen) atoms. The molecule has 14 rings (SSSR count). The first-order valence-electron chi connectivity index (χ1n) is 22.0. The summed E-state index contributed by atoms with van der Waals surface area (Å²) in [6, 6.07) is 84.4. The fourth-order valence-electron chi connectivity index (χ4n) is 11.0. The molecule has 0 atom stereocenters. The van der Waals surface area contributed by atoms with Gasteiger partial charge in [0.2, 0.25) is 0 Å². The van der Waals surface area contributed by atoms with Crippen molar-refractivity contribution in [3.8, 4) is 33.9 Å². The van der Waals surface area contributed by atoms with Gasteiger partial charge in [-0.1, -0.05) is 133 Å². The van der Waals surface area contributed by atoms with Gasteiger partial charge in [-0.25, -0.2) is 0 Å². The van der Waals surface area contributed by atoms with E-state index in [4.69, 9.17) is 0 Å². The Kier molecular flexibility index (Phi) is 7.36. The zero-order valence-electron chi connectivity index (χ0n) is 34.7. The second kappa shape index (κ2) is 13.4. The summed E-state index contributed by atoms with van der Waals surface area (Å²) in [5.41, 5.74) is 16.6. The van der Waals surface area contributed by atoms with E-state index in [2.05, 4.69) is 249 Å². The summed E-state index contributed by atoms with van der Waals surface area (Å²) in [6.07, 6.45) is 0. The van der Waals surface area contributed by atoms with Crippen LogP contribution < -0.4 is 0 Å². The molecule has 0 radical (unpaired) electrons. The lowest BCUT2D eigenvalue weighted by Gasteiger charge is -2.12. The van der Waals surface area contributed by atoms with E-state index in [9.17, 15) is 0 Å². The maximum absolute atomic E-state index is 2.46. The second-order valence-electron chi connectivity index (χ2n) is 16.9. The Morgan fingerprint density at radius 2 is 0.500 bits per heavy atom. The van der Waals surface area contributed by atoms with Crippen molar-refractivity contribution >= 4 is 87.2 Å². The fourth-order valence-corrected chi connectivity index (χ4v) is 11.0. The minimum atomic E-state index is 1.13. The molecule has 298 valence electrons. The van der Waals surface area contributed by atoms with E-state index in [1.165, 1.54) is 98.4 Å². The molecule has 10 aromatic carbocycles. The third-order valence-corrected chi connectivity index (χ3v) is 13.6. The molecule has 4 heteroatoms. The molecule has 4 aromatic heterocycles. The van der Waals surface area contributed by atoms with Crippen LogP contribution in [0.5, 0.6) is 0 Å². The first kappa shape index (κ1) is 35.0. The molecule has 0 amide bonds. The van der Waals surface area contributed by atoms with Crippen molar-refractivity contribution in [2.75, 3.05) is 0 Å². The third kappa shape index (κ3) is 4.88. The summed E-state index contributed by atoms with van der Waals surface area (Å²) in [4.78, 5) is 0. The molecule has 0 saturated carbocycles. The van der Waals surface area contributed by atoms with Crippen molar-refractivity contribution in [1.82, 2.24) is 18.3 Å². The first-order chi connectivity index (χ1) is 31.8. The van der Waals surface area contributed by atoms with Crippen molar-refractivity contribution in [3.05, 3.63) is 231 Å². The van der Waals surface area contributed by atoms with Gasteiger partial charge in [0.1, 0.15) is 0 Å². The van der Waals surface area contributed by atoms with E-state index in [1.54, 1.807) is 0 Å². The summed E-state index contributed by atoms with van der Waals surface area (Å²) >= 11 is 0. The normalized spacial score (nSPS) is 12.1. The van der Waals surface area contributed by atoms with Crippen LogP contribution >= 0.6 is 0 Å². The third-order valence-electron chi connectivity index (χ3n) is 13.6. The number of nitrogens with zero attached hydrogens (tertiary/aromatic N) is 4. The Morgan fingerprint density at radius 3 is 0.984 bits per heavy atom. The molecule has 4 nitrogen and oxygen atoms in total. The number of para-hydroxylation sites is 6. The highest BCUT2D eigenvalue weighted by atomic mass is 15.0. The van der Waals surface area contributed by atoms with Crippen LogP contribution in [0.2, 0.25) is 0 Å². The Morgan fingerprint density at radius 1 is 0.188 bits per heavy atom. The van der Waals surface area contributed by atoms with Crippen molar-refractivity contribution in [2.24, 2.45) is 0 Å². The van der Waals surface area contributed by atoms with Gasteiger partial charge in [0.25, 0.3) is 0 Å². The molecule has 0 N–H and O–H groups in total. The number of fused-ring (bicyclic) bond motifs is 12. The van der Waals surface area contributed by atoms with Gasteiger partial charge in [-0.3, -0.25) is 0 Å². The number of hydrogen-bond donors (Lipinski definition) is 0. The molecule has 0 aliphatic carbocycles. The Bertz CT molecular complexity index is 4120. The maximum Gasteiger partial charge on any atom is 0.0547 e. The maximum atomic E-state index is 2.46. The van der Waals surface area contributed by atoms with Crippen molar-refractivity contribution in [1.29, 1.82) is 0 Å². The van der Waals surface area contributed by atoms with Gasteiger partial charge in [0.15, 0.2) is 0 Å². The van der Waals surface area contributed by atoms with Crippen molar-refractivity contribution in [2.45, 2.75) is 0 Å². The topological polar surface area (TPSA) is 19.7 Å². The Balaban J connectivity index is 0.964. The van der Waals surface area contributed by atoms with E-state index in [0.717, 1.165) is 22.7 Å². The van der Waals surface area contributed by atoms with Gasteiger partial charge in [0.05, 0.1) is 44.1 Å². The van der Waals surface area contributed by atoms with E-state index in [-0.39, 0.29) is 0 Å². The summed E-state index contributed by atoms with van der Waals surface area (Å²) < 4.78 is 9.67. The van der Waals surface area contributed by atoms with Gasteiger partial charge in [-0.2, -0.15) is 0 Å². The number of hydrogen-bond acceptors (Lipinski definition) is 0. The average Bonchev–Trinajstić information content (AvgIpc) is 4.09. The van der Waals surface area contributed by atoms with Crippen molar-refractivity contribution in [3.63, 3.8) is 0 Å². The monoisotopic (exact) mass is 814 g/mol. The smallest absolute Gasteiger partial charge is 0.0547 e. The molecule has 0 aliphatic heterocycles. The number of rotatable bonds is 5. The molecule has 14 aromatic rings. The summed E-state index contributed by atoms with van der Waals surface area (Å²) in [5.74, 6) is 0. The lowest BCUT2D eigenvalue weighted by molar-refractivity contribution is 1.14. The average molecular weight is 815 g/mol. The van der Waals surface area contributed by atoms with Gasteiger partial charge < -0.3 is 18.3 Å². The molecule has 0 bridgehead atoms. The van der Waals surface area contributed by atoms with Gasteiger partial charge in [0, 0.05) is 65.8 Å². The van der Waals surface area contributed by atoms with Gasteiger partial charge in [-0.05, 0) is 108 Å². The lowest BCUT2D eigenvalue weighted by atomic mass is 9.95. The van der Waals surface area contributed by atoms with Crippen LogP contribution in [0, 0.1) is 0 Å². The van der Waals surface area contributed by atoms with Crippen LogP contribution in [-0.4, -0.2) is 18.3 Å². The quantitative estimate of drug-likeness (QED) is 0.165. The highest BCUT2D eigenvalue weighted by molar-refractivity contribution is 6.22. The zero-order chi connectivity index (χ0) is 41.9. The van der Waals surface area contributed by atoms with Crippen LogP contribution in [0.1, 0.15) is 0 Å². The Labute approximate surface area is 368 Å². The molecule has 0 unspecified atom stereocenters. The molecular weight excluding hydrogens is 777 g/mol. The SMILES string of the molecule is c1ccc(-n2c3ccccc3c3cc(-n4c5ccccc5c5c(-c6cccc7c6c6ccccc6n7-c6ccc(-n7c8ccccc8c8ccccc87)cc6)cccc54)ccc32)cc1. The Hall–Kier alpha value is -8.60. The molecule has 0 spiro atoms. The first-order valence-corrected chi connectivity index (χ1v) is 22.0. The summed E-state index contributed by atoms with van der Waals surface area (Å²) in [7, 11) is 0. The largest absolute Gasteiger partial charge is 0.309 e. The molecule has 0 aliphatic rings. The van der Waals surface area contributed by atoms with Crippen LogP contribution in [0.15, 0.2) is 231 Å². The number of benzene rings is 10. The van der Waals surface area contributed by atoms with E-state index < -0.39 is 0 Å². The van der Waals surface area contributed by atoms with E-state index in [0.29, 0.717) is 0 Å². The predicted molar refractivity (Wildman–Crippen MR) is 269 cm³/mol. The van der Waals surface area contributed by atoms with E-state index >= 15 is 0 Å². The predicted octanol–water partition coefficient (Wildman–Crippen LogP) is 15.7. The summed E-state index contributed by atoms with van der Waals surface area (Å²) in [6.45, 7) is 0. The van der Waals surface area contributed by atoms with E-state index in [1.807, 2.05) is 0 Å². The molecule has 0 saturated heterocycles. The van der Waals surface area contributed by atoms with Gasteiger partial charge >= 0.3 is 0 Å². The lowest BCUT2D eigenvalue weighted by Crippen LogP contribution is -1.97. The minimum absolute atomic E-state index is 1.13. The molecular formula is C60H38N4. The van der Waals surface area contributed by atoms with Crippen LogP contribution in [0.25, 0.3) is 121 Å². The second-order valence-corrected chi connectivity index (χ2v) is 16.9. The fraction of sp³-hybridized carbons (Fsp3) is 0. The molecule has 4 heterocycles. The van der Waals surface area contributed by atoms with Crippen molar-refractivity contribution < 1.29 is 0 Å². The zero-order valence-corrected chi connectivity index (χ0v) is 34.7. The summed E-state index contributed by atoms with van der Waals surface area (Å²) in [5, 5.41) is 10.00. The standard InChI is InChI=1S/C60H38N4/c1-2-16-39(17-3-1)61-53-27-11-6-20-45(53)50-38-42(36-37-56(50)61)64-55-29-13-8-22-49(55)60-47(24-15-31-58(60)64)46-23-14-30-57-59(46)48-21-7-12-28-54(48)63(57)41-34-32-40(33-35-41)62-51-25-9-4-18-43(51)44-19-5-10-26-52(44)62/h1-38H.